The second-order valence-corrected chi connectivity index (χ2v) is 10.0. The van der Waals surface area contributed by atoms with Gasteiger partial charge in [-0.05, 0) is 53.2 Å². The maximum Gasteiger partial charge on any atom is 0.196 e. The SMILES string of the molecule is [2H][C@](C)(NS(=O)C(C)(C)C)c1cc(C)cc2c(=O)c(C)c(-c3ccccc3)oc12. The van der Waals surface area contributed by atoms with E-state index < -0.39 is 21.8 Å². The molecule has 1 heterocycles. The number of aryl methyl sites for hydroxylation is 1. The number of rotatable bonds is 4. The summed E-state index contributed by atoms with van der Waals surface area (Å²) >= 11 is 0. The van der Waals surface area contributed by atoms with E-state index in [4.69, 9.17) is 5.79 Å². The second kappa shape index (κ2) is 7.64. The third kappa shape index (κ3) is 3.96. The Bertz CT molecular complexity index is 1140. The molecule has 0 saturated carbocycles. The van der Waals surface area contributed by atoms with Crippen LogP contribution in [-0.4, -0.2) is 8.96 Å². The molecule has 1 unspecified atom stereocenters. The zero-order valence-electron chi connectivity index (χ0n) is 18.2. The monoisotopic (exact) mass is 398 g/mol. The zero-order chi connectivity index (χ0) is 21.6. The van der Waals surface area contributed by atoms with Crippen LogP contribution in [0.25, 0.3) is 22.3 Å². The van der Waals surface area contributed by atoms with Gasteiger partial charge in [-0.3, -0.25) is 4.79 Å². The van der Waals surface area contributed by atoms with Crippen molar-refractivity contribution in [1.82, 2.24) is 4.72 Å². The van der Waals surface area contributed by atoms with Crippen LogP contribution in [0.15, 0.2) is 51.7 Å². The number of hydrogen-bond acceptors (Lipinski definition) is 3. The highest BCUT2D eigenvalue weighted by molar-refractivity contribution is 7.84. The minimum atomic E-state index is -1.47. The van der Waals surface area contributed by atoms with Gasteiger partial charge in [0.2, 0.25) is 0 Å². The summed E-state index contributed by atoms with van der Waals surface area (Å²) in [6.45, 7) is 10.8. The molecule has 0 saturated heterocycles. The lowest BCUT2D eigenvalue weighted by Crippen LogP contribution is -2.35. The van der Waals surface area contributed by atoms with Gasteiger partial charge in [0.1, 0.15) is 11.3 Å². The van der Waals surface area contributed by atoms with E-state index in [2.05, 4.69) is 4.72 Å². The van der Waals surface area contributed by atoms with Gasteiger partial charge < -0.3 is 4.42 Å². The third-order valence-electron chi connectivity index (χ3n) is 4.61. The Morgan fingerprint density at radius 2 is 1.79 bits per heavy atom. The van der Waals surface area contributed by atoms with E-state index in [0.717, 1.165) is 11.1 Å². The van der Waals surface area contributed by atoms with Crippen LogP contribution in [0.2, 0.25) is 0 Å². The molecule has 3 rings (SSSR count). The summed E-state index contributed by atoms with van der Waals surface area (Å²) < 4.78 is 30.2. The van der Waals surface area contributed by atoms with E-state index in [-0.39, 0.29) is 5.43 Å². The fraction of sp³-hybridized carbons (Fsp3) is 0.348. The molecule has 0 aliphatic rings. The number of hydrogen-bond donors (Lipinski definition) is 1. The van der Waals surface area contributed by atoms with Gasteiger partial charge >= 0.3 is 0 Å². The van der Waals surface area contributed by atoms with Crippen LogP contribution in [0.3, 0.4) is 0 Å². The van der Waals surface area contributed by atoms with E-state index in [0.29, 0.717) is 27.9 Å². The van der Waals surface area contributed by atoms with Crippen molar-refractivity contribution in [2.45, 2.75) is 52.3 Å². The first-order valence-corrected chi connectivity index (χ1v) is 10.4. The largest absolute Gasteiger partial charge is 0.455 e. The minimum Gasteiger partial charge on any atom is -0.455 e. The smallest absolute Gasteiger partial charge is 0.196 e. The highest BCUT2D eigenvalue weighted by Crippen LogP contribution is 2.31. The quantitative estimate of drug-likeness (QED) is 0.658. The summed E-state index contributed by atoms with van der Waals surface area (Å²) in [6, 6.07) is 11.6. The molecule has 28 heavy (non-hydrogen) atoms. The molecule has 3 aromatic rings. The molecule has 2 aromatic carbocycles. The van der Waals surface area contributed by atoms with Gasteiger partial charge in [-0.15, -0.1) is 0 Å². The van der Waals surface area contributed by atoms with Crippen molar-refractivity contribution in [3.63, 3.8) is 0 Å². The summed E-state index contributed by atoms with van der Waals surface area (Å²) in [5.41, 5.74) is 2.88. The van der Waals surface area contributed by atoms with Crippen LogP contribution in [0.1, 0.15) is 51.8 Å². The molecule has 0 aliphatic carbocycles. The van der Waals surface area contributed by atoms with Crippen molar-refractivity contribution in [2.24, 2.45) is 0 Å². The number of fused-ring (bicyclic) bond motifs is 1. The maximum absolute atomic E-state index is 13.1. The van der Waals surface area contributed by atoms with Crippen LogP contribution < -0.4 is 10.2 Å². The molecule has 0 amide bonds. The van der Waals surface area contributed by atoms with Gasteiger partial charge in [-0.25, -0.2) is 8.93 Å². The maximum atomic E-state index is 13.1. The summed E-state index contributed by atoms with van der Waals surface area (Å²) in [4.78, 5) is 13.1. The van der Waals surface area contributed by atoms with E-state index in [1.165, 1.54) is 0 Å². The minimum absolute atomic E-state index is 0.122. The molecule has 1 aromatic heterocycles. The normalized spacial score (nSPS) is 15.9. The molecule has 148 valence electrons. The van der Waals surface area contributed by atoms with E-state index in [9.17, 15) is 9.00 Å². The molecule has 0 fully saturated rings. The van der Waals surface area contributed by atoms with Gasteiger partial charge in [0.05, 0.1) is 22.5 Å². The van der Waals surface area contributed by atoms with E-state index in [1.54, 1.807) is 19.9 Å². The van der Waals surface area contributed by atoms with E-state index in [1.807, 2.05) is 64.1 Å². The van der Waals surface area contributed by atoms with Crippen molar-refractivity contribution in [2.75, 3.05) is 0 Å². The highest BCUT2D eigenvalue weighted by Gasteiger charge is 2.24. The first-order chi connectivity index (χ1) is 13.4. The lowest BCUT2D eigenvalue weighted by molar-refractivity contribution is 0.590. The molecular weight excluding hydrogens is 370 g/mol. The standard InChI is InChI=1S/C23H27NO3S/c1-14-12-18(16(3)24-28(26)23(4,5)6)22-19(13-14)20(25)15(2)21(27-22)17-10-8-7-9-11-17/h7-13,16,24H,1-6H3/t16-,28?/m1/s1/i16D. The Labute approximate surface area is 170 Å². The summed E-state index contributed by atoms with van der Waals surface area (Å²) in [5, 5.41) is 0.430. The highest BCUT2D eigenvalue weighted by atomic mass is 32.2. The van der Waals surface area contributed by atoms with Gasteiger partial charge in [0.25, 0.3) is 0 Å². The van der Waals surface area contributed by atoms with Crippen molar-refractivity contribution >= 4 is 22.0 Å². The molecule has 2 atom stereocenters. The Kier molecular flexibility index (Phi) is 5.21. The molecular formula is C23H27NO3S. The van der Waals surface area contributed by atoms with Crippen molar-refractivity contribution in [3.05, 3.63) is 69.4 Å². The average molecular weight is 399 g/mol. The molecule has 4 nitrogen and oxygen atoms in total. The Balaban J connectivity index is 2.29. The molecule has 0 aliphatic heterocycles. The van der Waals surface area contributed by atoms with E-state index >= 15 is 0 Å². The number of nitrogens with one attached hydrogen (secondary N) is 1. The van der Waals surface area contributed by atoms with Crippen LogP contribution in [0.5, 0.6) is 0 Å². The van der Waals surface area contributed by atoms with Gasteiger partial charge in [0.15, 0.2) is 5.43 Å². The van der Waals surface area contributed by atoms with Gasteiger partial charge in [-0.1, -0.05) is 36.4 Å². The first-order valence-electron chi connectivity index (χ1n) is 9.75. The number of benzene rings is 2. The molecule has 0 radical (unpaired) electrons. The van der Waals surface area contributed by atoms with Crippen LogP contribution >= 0.6 is 0 Å². The fourth-order valence-corrected chi connectivity index (χ4v) is 3.72. The van der Waals surface area contributed by atoms with Crippen molar-refractivity contribution in [1.29, 1.82) is 0 Å². The lowest BCUT2D eigenvalue weighted by Gasteiger charge is -2.23. The van der Waals surface area contributed by atoms with Gasteiger partial charge in [0, 0.05) is 22.7 Å². The predicted molar refractivity (Wildman–Crippen MR) is 117 cm³/mol. The van der Waals surface area contributed by atoms with Crippen LogP contribution in [0, 0.1) is 13.8 Å². The topological polar surface area (TPSA) is 59.3 Å². The molecule has 0 spiro atoms. The van der Waals surface area contributed by atoms with Crippen molar-refractivity contribution in [3.8, 4) is 11.3 Å². The Morgan fingerprint density at radius 3 is 2.39 bits per heavy atom. The predicted octanol–water partition coefficient (Wildman–Crippen LogP) is 5.19. The summed E-state index contributed by atoms with van der Waals surface area (Å²) in [7, 11) is -1.47. The van der Waals surface area contributed by atoms with Crippen LogP contribution in [-0.2, 0) is 11.0 Å². The lowest BCUT2D eigenvalue weighted by atomic mass is 9.99. The fourth-order valence-electron chi connectivity index (χ4n) is 3.03. The third-order valence-corrected chi connectivity index (χ3v) is 6.21. The summed E-state index contributed by atoms with van der Waals surface area (Å²) in [6.07, 6.45) is 0. The summed E-state index contributed by atoms with van der Waals surface area (Å²) in [5.74, 6) is 0.487. The molecule has 1 N–H and O–H groups in total. The van der Waals surface area contributed by atoms with Crippen molar-refractivity contribution < 1.29 is 10.00 Å². The second-order valence-electron chi connectivity index (χ2n) is 8.05. The Hall–Kier alpha value is -2.24. The molecule has 5 heteroatoms. The van der Waals surface area contributed by atoms with Crippen LogP contribution in [0.4, 0.5) is 0 Å². The Morgan fingerprint density at radius 1 is 1.14 bits per heavy atom. The van der Waals surface area contributed by atoms with Gasteiger partial charge in [-0.2, -0.15) is 0 Å². The first kappa shape index (κ1) is 19.1. The molecule has 0 bridgehead atoms. The zero-order valence-corrected chi connectivity index (χ0v) is 18.0. The average Bonchev–Trinajstić information content (AvgIpc) is 2.64.